The molecule has 1 rings (SSSR count). The molecule has 3 nitrogen and oxygen atoms in total. The van der Waals surface area contributed by atoms with Gasteiger partial charge in [0.1, 0.15) is 10.5 Å². The van der Waals surface area contributed by atoms with Crippen LogP contribution in [0.15, 0.2) is 30.3 Å². The van der Waals surface area contributed by atoms with E-state index in [9.17, 15) is 0 Å². The van der Waals surface area contributed by atoms with E-state index in [4.69, 9.17) is 12.7 Å². The molecular formula is C8H16O3Si3. The van der Waals surface area contributed by atoms with Gasteiger partial charge in [-0.15, -0.1) is 0 Å². The molecule has 0 N–H and O–H groups in total. The Morgan fingerprint density at radius 2 is 1.93 bits per heavy atom. The van der Waals surface area contributed by atoms with Gasteiger partial charge in [-0.25, -0.2) is 0 Å². The maximum atomic E-state index is 5.78. The molecule has 0 aliphatic rings. The first-order valence-corrected chi connectivity index (χ1v) is 8.75. The maximum Gasteiger partial charge on any atom is 0.359 e. The van der Waals surface area contributed by atoms with Crippen molar-refractivity contribution in [1.29, 1.82) is 0 Å². The van der Waals surface area contributed by atoms with E-state index >= 15 is 0 Å². The fraction of sp³-hybridized carbons (Fsp3) is 0.250. The van der Waals surface area contributed by atoms with Crippen LogP contribution in [0, 0.1) is 0 Å². The lowest BCUT2D eigenvalue weighted by Crippen LogP contribution is -2.51. The fourth-order valence-electron chi connectivity index (χ4n) is 1.17. The molecule has 0 heterocycles. The predicted octanol–water partition coefficient (Wildman–Crippen LogP) is -1.08. The van der Waals surface area contributed by atoms with Crippen LogP contribution in [0.4, 0.5) is 0 Å². The highest BCUT2D eigenvalue weighted by molar-refractivity contribution is 6.82. The van der Waals surface area contributed by atoms with E-state index in [0.29, 0.717) is 0 Å². The molecular weight excluding hydrogens is 228 g/mol. The van der Waals surface area contributed by atoms with Crippen LogP contribution in [0.2, 0.25) is 6.55 Å². The van der Waals surface area contributed by atoms with Gasteiger partial charge in [0, 0.05) is 7.11 Å². The molecule has 6 heteroatoms. The van der Waals surface area contributed by atoms with Gasteiger partial charge in [-0.1, -0.05) is 30.3 Å². The molecule has 1 aromatic carbocycles. The first-order chi connectivity index (χ1) is 6.73. The lowest BCUT2D eigenvalue weighted by atomic mass is 10.4. The monoisotopic (exact) mass is 244 g/mol. The molecule has 0 spiro atoms. The van der Waals surface area contributed by atoms with E-state index in [2.05, 4.69) is 18.7 Å². The van der Waals surface area contributed by atoms with Crippen molar-refractivity contribution in [1.82, 2.24) is 0 Å². The Morgan fingerprint density at radius 3 is 2.43 bits per heavy atom. The number of benzene rings is 1. The van der Waals surface area contributed by atoms with Crippen LogP contribution in [0.25, 0.3) is 0 Å². The normalized spacial score (nSPS) is 16.1. The molecule has 1 atom stereocenters. The second-order valence-corrected chi connectivity index (χ2v) is 9.64. The standard InChI is InChI=1S/C8H16O3Si3/c1-9-14(2,11-13-10-12)8-6-4-3-5-7-8/h3-7H,13H2,1-2,12H3. The SMILES string of the molecule is CO[Si](C)(O[SiH2]O[SiH3])c1ccccc1. The van der Waals surface area contributed by atoms with Crippen molar-refractivity contribution in [2.45, 2.75) is 6.55 Å². The highest BCUT2D eigenvalue weighted by atomic mass is 28.4. The average Bonchev–Trinajstić information content (AvgIpc) is 2.27. The molecule has 0 aliphatic heterocycles. The van der Waals surface area contributed by atoms with E-state index < -0.39 is 18.6 Å². The molecule has 0 radical (unpaired) electrons. The van der Waals surface area contributed by atoms with Gasteiger partial charge in [0.25, 0.3) is 10.0 Å². The zero-order chi connectivity index (χ0) is 10.4. The molecule has 78 valence electrons. The molecule has 0 fully saturated rings. The summed E-state index contributed by atoms with van der Waals surface area (Å²) in [5.74, 6) is 0. The molecule has 0 aliphatic carbocycles. The van der Waals surface area contributed by atoms with Gasteiger partial charge in [-0.3, -0.25) is 0 Å². The quantitative estimate of drug-likeness (QED) is 0.617. The van der Waals surface area contributed by atoms with Crippen molar-refractivity contribution in [2.24, 2.45) is 0 Å². The Kier molecular flexibility index (Phi) is 4.72. The summed E-state index contributed by atoms with van der Waals surface area (Å²) in [6.45, 7) is 2.05. The Labute approximate surface area is 91.2 Å². The van der Waals surface area contributed by atoms with E-state index in [1.54, 1.807) is 7.11 Å². The molecule has 1 unspecified atom stereocenters. The fourth-order valence-corrected chi connectivity index (χ4v) is 5.78. The summed E-state index contributed by atoms with van der Waals surface area (Å²) in [7, 11) is -0.541. The summed E-state index contributed by atoms with van der Waals surface area (Å²) < 4.78 is 16.5. The third kappa shape index (κ3) is 2.87. The first-order valence-electron chi connectivity index (χ1n) is 4.46. The van der Waals surface area contributed by atoms with Gasteiger partial charge < -0.3 is 12.7 Å². The smallest absolute Gasteiger partial charge is 0.359 e. The minimum absolute atomic E-state index is 0.751. The van der Waals surface area contributed by atoms with Crippen molar-refractivity contribution >= 4 is 34.2 Å². The topological polar surface area (TPSA) is 27.7 Å². The van der Waals surface area contributed by atoms with Crippen LogP contribution in [-0.4, -0.2) is 36.2 Å². The average molecular weight is 244 g/mol. The van der Waals surface area contributed by atoms with E-state index in [1.165, 1.54) is 0 Å². The molecule has 14 heavy (non-hydrogen) atoms. The van der Waals surface area contributed by atoms with Gasteiger partial charge in [0.2, 0.25) is 0 Å². The van der Waals surface area contributed by atoms with Crippen LogP contribution in [0.1, 0.15) is 0 Å². The largest absolute Gasteiger partial charge is 0.449 e. The van der Waals surface area contributed by atoms with Crippen LogP contribution in [-0.2, 0) is 12.7 Å². The number of hydrogen-bond donors (Lipinski definition) is 0. The highest BCUT2D eigenvalue weighted by Gasteiger charge is 2.32. The van der Waals surface area contributed by atoms with Crippen LogP contribution >= 0.6 is 0 Å². The lowest BCUT2D eigenvalue weighted by molar-refractivity contribution is 0.312. The van der Waals surface area contributed by atoms with E-state index in [0.717, 1.165) is 15.7 Å². The molecule has 0 bridgehead atoms. The zero-order valence-electron chi connectivity index (χ0n) is 8.82. The second kappa shape index (κ2) is 5.59. The minimum atomic E-state index is -2.16. The number of hydrogen-bond acceptors (Lipinski definition) is 3. The summed E-state index contributed by atoms with van der Waals surface area (Å²) in [5.41, 5.74) is 0. The second-order valence-electron chi connectivity index (χ2n) is 3.07. The third-order valence-electron chi connectivity index (χ3n) is 2.14. The summed E-state index contributed by atoms with van der Waals surface area (Å²) in [6.07, 6.45) is 0. The number of rotatable bonds is 5. The van der Waals surface area contributed by atoms with Crippen LogP contribution in [0.5, 0.6) is 0 Å². The zero-order valence-corrected chi connectivity index (χ0v) is 13.2. The van der Waals surface area contributed by atoms with Gasteiger partial charge in [0.05, 0.1) is 0 Å². The Bertz CT molecular complexity index is 270. The van der Waals surface area contributed by atoms with Crippen molar-refractivity contribution < 1.29 is 12.7 Å². The van der Waals surface area contributed by atoms with Gasteiger partial charge in [0.15, 0.2) is 0 Å². The summed E-state index contributed by atoms with van der Waals surface area (Å²) in [6, 6.07) is 10.1. The minimum Gasteiger partial charge on any atom is -0.449 e. The maximum absolute atomic E-state index is 5.78. The Hall–Kier alpha value is -0.249. The summed E-state index contributed by atoms with van der Waals surface area (Å²) >= 11 is 0. The first kappa shape index (κ1) is 11.8. The predicted molar refractivity (Wildman–Crippen MR) is 65.4 cm³/mol. The lowest BCUT2D eigenvalue weighted by Gasteiger charge is -2.25. The van der Waals surface area contributed by atoms with Crippen LogP contribution in [0.3, 0.4) is 0 Å². The molecule has 0 amide bonds. The Morgan fingerprint density at radius 1 is 1.29 bits per heavy atom. The molecule has 1 aromatic rings. The molecule has 0 saturated carbocycles. The Balaban J connectivity index is 2.79. The van der Waals surface area contributed by atoms with Crippen molar-refractivity contribution in [2.75, 3.05) is 7.11 Å². The van der Waals surface area contributed by atoms with Gasteiger partial charge in [-0.05, 0) is 11.7 Å². The summed E-state index contributed by atoms with van der Waals surface area (Å²) in [5, 5.41) is 1.16. The van der Waals surface area contributed by atoms with Crippen LogP contribution < -0.4 is 5.19 Å². The van der Waals surface area contributed by atoms with E-state index in [-0.39, 0.29) is 0 Å². The highest BCUT2D eigenvalue weighted by Crippen LogP contribution is 2.05. The summed E-state index contributed by atoms with van der Waals surface area (Å²) in [4.78, 5) is 0. The van der Waals surface area contributed by atoms with E-state index in [1.807, 2.05) is 18.2 Å². The van der Waals surface area contributed by atoms with Crippen molar-refractivity contribution in [3.63, 3.8) is 0 Å². The third-order valence-corrected chi connectivity index (χ3v) is 7.92. The van der Waals surface area contributed by atoms with Crippen molar-refractivity contribution in [3.05, 3.63) is 30.3 Å². The van der Waals surface area contributed by atoms with Gasteiger partial charge in [-0.2, -0.15) is 0 Å². The van der Waals surface area contributed by atoms with Crippen molar-refractivity contribution in [3.8, 4) is 0 Å². The van der Waals surface area contributed by atoms with Gasteiger partial charge >= 0.3 is 8.56 Å². The molecule has 0 saturated heterocycles. The molecule has 0 aromatic heterocycles.